The molecule has 0 aliphatic rings. The number of amides is 2. The summed E-state index contributed by atoms with van der Waals surface area (Å²) in [6, 6.07) is 1.93. The minimum atomic E-state index is -4.55. The van der Waals surface area contributed by atoms with Crippen molar-refractivity contribution in [2.24, 2.45) is 0 Å². The van der Waals surface area contributed by atoms with E-state index in [4.69, 9.17) is 0 Å². The first-order valence-corrected chi connectivity index (χ1v) is 7.13. The summed E-state index contributed by atoms with van der Waals surface area (Å²) in [4.78, 5) is 10.8. The molecule has 0 saturated heterocycles. The fourth-order valence-corrected chi connectivity index (χ4v) is 2.21. The van der Waals surface area contributed by atoms with E-state index in [1.54, 1.807) is 11.6 Å². The molecule has 0 unspecified atom stereocenters. The van der Waals surface area contributed by atoms with Gasteiger partial charge in [-0.15, -0.1) is 0 Å². The summed E-state index contributed by atoms with van der Waals surface area (Å²) >= 11 is 0. The Bertz CT molecular complexity index is 568. The van der Waals surface area contributed by atoms with E-state index in [0.717, 1.165) is 12.1 Å². The van der Waals surface area contributed by atoms with Crippen LogP contribution in [0.1, 0.15) is 18.9 Å². The van der Waals surface area contributed by atoms with Gasteiger partial charge in [0.15, 0.2) is 0 Å². The smallest absolute Gasteiger partial charge is 0.337 e. The fourth-order valence-electron chi connectivity index (χ4n) is 1.28. The van der Waals surface area contributed by atoms with E-state index in [2.05, 4.69) is 5.32 Å². The van der Waals surface area contributed by atoms with Gasteiger partial charge < -0.3 is 5.32 Å². The van der Waals surface area contributed by atoms with Gasteiger partial charge in [0.25, 0.3) is 10.0 Å². The molecule has 0 radical (unpaired) electrons. The number of nitrogens with one attached hydrogen (secondary N) is 2. The van der Waals surface area contributed by atoms with Crippen molar-refractivity contribution in [3.05, 3.63) is 29.8 Å². The zero-order valence-corrected chi connectivity index (χ0v) is 11.3. The van der Waals surface area contributed by atoms with Crippen LogP contribution in [0.2, 0.25) is 0 Å². The minimum Gasteiger partial charge on any atom is -0.337 e. The fraction of sp³-hybridized carbons (Fsp3) is 0.364. The van der Waals surface area contributed by atoms with Crippen LogP contribution in [0, 0.1) is 0 Å². The summed E-state index contributed by atoms with van der Waals surface area (Å²) in [6.45, 7) is 2.07. The quantitative estimate of drug-likeness (QED) is 0.894. The van der Waals surface area contributed by atoms with E-state index in [0.29, 0.717) is 18.6 Å². The molecule has 0 saturated carbocycles. The predicted molar refractivity (Wildman–Crippen MR) is 65.5 cm³/mol. The highest BCUT2D eigenvalue weighted by atomic mass is 32.2. The van der Waals surface area contributed by atoms with Crippen LogP contribution in [0.25, 0.3) is 0 Å². The summed E-state index contributed by atoms with van der Waals surface area (Å²) in [6.07, 6.45) is -3.93. The zero-order valence-electron chi connectivity index (χ0n) is 10.5. The third-order valence-electron chi connectivity index (χ3n) is 2.25. The average Bonchev–Trinajstić information content (AvgIpc) is 2.35. The van der Waals surface area contributed by atoms with Crippen LogP contribution in [0.15, 0.2) is 29.2 Å². The molecule has 112 valence electrons. The van der Waals surface area contributed by atoms with Crippen molar-refractivity contribution in [3.8, 4) is 0 Å². The molecule has 0 aliphatic carbocycles. The molecule has 5 nitrogen and oxygen atoms in total. The third-order valence-corrected chi connectivity index (χ3v) is 3.60. The Morgan fingerprint density at radius 3 is 2.20 bits per heavy atom. The highest BCUT2D eigenvalue weighted by Gasteiger charge is 2.30. The molecule has 1 rings (SSSR count). The van der Waals surface area contributed by atoms with Crippen molar-refractivity contribution in [1.29, 1.82) is 0 Å². The number of hydrogen-bond donors (Lipinski definition) is 2. The maximum atomic E-state index is 12.3. The molecular formula is C11H13F3N2O3S. The number of halogens is 3. The van der Waals surface area contributed by atoms with Crippen LogP contribution in [-0.2, 0) is 16.2 Å². The van der Waals surface area contributed by atoms with Crippen LogP contribution in [0.4, 0.5) is 18.0 Å². The number of benzene rings is 1. The molecule has 1 aromatic rings. The molecule has 2 N–H and O–H groups in total. The topological polar surface area (TPSA) is 75.3 Å². The van der Waals surface area contributed by atoms with E-state index >= 15 is 0 Å². The molecule has 0 fully saturated rings. The molecule has 0 spiro atoms. The number of carbonyl (C=O) groups excluding carboxylic acids is 1. The van der Waals surface area contributed by atoms with Crippen LogP contribution < -0.4 is 10.0 Å². The van der Waals surface area contributed by atoms with E-state index in [9.17, 15) is 26.4 Å². The Labute approximate surface area is 114 Å². The molecule has 2 amide bonds. The molecule has 0 bridgehead atoms. The molecule has 0 atom stereocenters. The van der Waals surface area contributed by atoms with Gasteiger partial charge >= 0.3 is 12.2 Å². The first kappa shape index (κ1) is 16.3. The van der Waals surface area contributed by atoms with Crippen molar-refractivity contribution in [2.45, 2.75) is 24.4 Å². The van der Waals surface area contributed by atoms with E-state index in [-0.39, 0.29) is 6.54 Å². The van der Waals surface area contributed by atoms with Crippen LogP contribution >= 0.6 is 0 Å². The third kappa shape index (κ3) is 4.41. The maximum absolute atomic E-state index is 12.3. The summed E-state index contributed by atoms with van der Waals surface area (Å²) in [5, 5.41) is 2.28. The Hall–Kier alpha value is -1.77. The first-order valence-electron chi connectivity index (χ1n) is 5.64. The van der Waals surface area contributed by atoms with Gasteiger partial charge in [0.1, 0.15) is 0 Å². The second-order valence-electron chi connectivity index (χ2n) is 3.88. The molecule has 9 heteroatoms. The predicted octanol–water partition coefficient (Wildman–Crippen LogP) is 2.10. The molecule has 1 aromatic carbocycles. The summed E-state index contributed by atoms with van der Waals surface area (Å²) in [5.74, 6) is 0. The summed E-state index contributed by atoms with van der Waals surface area (Å²) in [7, 11) is -4.18. The van der Waals surface area contributed by atoms with Crippen molar-refractivity contribution in [2.75, 3.05) is 6.54 Å². The van der Waals surface area contributed by atoms with Crippen molar-refractivity contribution >= 4 is 16.1 Å². The Morgan fingerprint density at radius 1 is 1.20 bits per heavy atom. The van der Waals surface area contributed by atoms with Crippen LogP contribution in [0.5, 0.6) is 0 Å². The Balaban J connectivity index is 2.86. The highest BCUT2D eigenvalue weighted by Crippen LogP contribution is 2.29. The van der Waals surface area contributed by atoms with Crippen LogP contribution in [-0.4, -0.2) is 21.0 Å². The number of alkyl halides is 3. The SMILES string of the molecule is CCCNC(=O)NS(=O)(=O)c1ccc(C(F)(F)F)cc1. The highest BCUT2D eigenvalue weighted by molar-refractivity contribution is 7.90. The zero-order chi connectivity index (χ0) is 15.4. The van der Waals surface area contributed by atoms with Gasteiger partial charge in [-0.25, -0.2) is 17.9 Å². The Morgan fingerprint density at radius 2 is 1.75 bits per heavy atom. The normalized spacial score (nSPS) is 12.0. The number of urea groups is 1. The summed E-state index contributed by atoms with van der Waals surface area (Å²) in [5.41, 5.74) is -0.966. The minimum absolute atomic E-state index is 0.286. The van der Waals surface area contributed by atoms with Gasteiger partial charge in [-0.3, -0.25) is 0 Å². The lowest BCUT2D eigenvalue weighted by Gasteiger charge is -2.10. The van der Waals surface area contributed by atoms with Gasteiger partial charge in [-0.2, -0.15) is 13.2 Å². The van der Waals surface area contributed by atoms with Crippen molar-refractivity contribution < 1.29 is 26.4 Å². The number of carbonyl (C=O) groups is 1. The van der Waals surface area contributed by atoms with Gasteiger partial charge in [0, 0.05) is 6.54 Å². The van der Waals surface area contributed by atoms with Gasteiger partial charge in [-0.05, 0) is 30.7 Å². The number of rotatable bonds is 4. The van der Waals surface area contributed by atoms with Crippen LogP contribution in [0.3, 0.4) is 0 Å². The standard InChI is InChI=1S/C11H13F3N2O3S/c1-2-7-15-10(17)16-20(18,19)9-5-3-8(4-6-9)11(12,13)14/h3-6H,2,7H2,1H3,(H2,15,16,17). The lowest BCUT2D eigenvalue weighted by Crippen LogP contribution is -2.39. The van der Waals surface area contributed by atoms with E-state index < -0.39 is 32.7 Å². The molecular weight excluding hydrogens is 297 g/mol. The number of sulfonamides is 1. The van der Waals surface area contributed by atoms with Crippen molar-refractivity contribution in [3.63, 3.8) is 0 Å². The van der Waals surface area contributed by atoms with E-state index in [1.807, 2.05) is 0 Å². The van der Waals surface area contributed by atoms with E-state index in [1.165, 1.54) is 0 Å². The monoisotopic (exact) mass is 310 g/mol. The number of hydrogen-bond acceptors (Lipinski definition) is 3. The van der Waals surface area contributed by atoms with Gasteiger partial charge in [-0.1, -0.05) is 6.92 Å². The summed E-state index contributed by atoms with van der Waals surface area (Å²) < 4.78 is 62.1. The molecule has 20 heavy (non-hydrogen) atoms. The van der Waals surface area contributed by atoms with Gasteiger partial charge in [0.2, 0.25) is 0 Å². The first-order chi connectivity index (χ1) is 9.16. The average molecular weight is 310 g/mol. The molecule has 0 heterocycles. The molecule has 0 aliphatic heterocycles. The second-order valence-corrected chi connectivity index (χ2v) is 5.57. The molecule has 0 aromatic heterocycles. The largest absolute Gasteiger partial charge is 0.416 e. The Kier molecular flexibility index (Phi) is 4.98. The van der Waals surface area contributed by atoms with Gasteiger partial charge in [0.05, 0.1) is 10.5 Å². The maximum Gasteiger partial charge on any atom is 0.416 e. The lowest BCUT2D eigenvalue weighted by atomic mass is 10.2. The lowest BCUT2D eigenvalue weighted by molar-refractivity contribution is -0.137. The second kappa shape index (κ2) is 6.12. The van der Waals surface area contributed by atoms with Crippen molar-refractivity contribution in [1.82, 2.24) is 10.0 Å².